The monoisotopic (exact) mass is 259 g/mol. The number of pyridine rings is 1. The van der Waals surface area contributed by atoms with Gasteiger partial charge in [0.25, 0.3) is 0 Å². The highest BCUT2D eigenvalue weighted by Crippen LogP contribution is 2.25. The van der Waals surface area contributed by atoms with Crippen molar-refractivity contribution in [1.29, 1.82) is 0 Å². The van der Waals surface area contributed by atoms with Crippen molar-refractivity contribution < 1.29 is 0 Å². The smallest absolute Gasteiger partial charge is 0.125 e. The fourth-order valence-electron chi connectivity index (χ4n) is 2.40. The third kappa shape index (κ3) is 2.76. The molecule has 0 bridgehead atoms. The van der Waals surface area contributed by atoms with Crippen LogP contribution < -0.4 is 5.32 Å². The Morgan fingerprint density at radius 1 is 1.33 bits per heavy atom. The number of aromatic nitrogens is 2. The quantitative estimate of drug-likeness (QED) is 0.921. The first-order chi connectivity index (χ1) is 8.92. The summed E-state index contributed by atoms with van der Waals surface area (Å²) in [4.78, 5) is 8.88. The van der Waals surface area contributed by atoms with Gasteiger partial charge in [-0.2, -0.15) is 0 Å². The molecule has 4 heteroatoms. The molecule has 3 nitrogen and oxygen atoms in total. The Morgan fingerprint density at radius 2 is 2.22 bits per heavy atom. The predicted molar refractivity (Wildman–Crippen MR) is 74.6 cm³/mol. The van der Waals surface area contributed by atoms with Gasteiger partial charge in [-0.1, -0.05) is 0 Å². The second-order valence-electron chi connectivity index (χ2n) is 4.78. The highest BCUT2D eigenvalue weighted by atomic mass is 32.1. The summed E-state index contributed by atoms with van der Waals surface area (Å²) < 4.78 is 0. The van der Waals surface area contributed by atoms with E-state index >= 15 is 0 Å². The van der Waals surface area contributed by atoms with Gasteiger partial charge in [0.1, 0.15) is 5.01 Å². The molecule has 0 atom stereocenters. The number of piperidine rings is 1. The molecule has 1 aliphatic rings. The summed E-state index contributed by atoms with van der Waals surface area (Å²) in [5.74, 6) is 0.801. The maximum Gasteiger partial charge on any atom is 0.125 e. The lowest BCUT2D eigenvalue weighted by molar-refractivity contribution is 0.370. The van der Waals surface area contributed by atoms with Crippen LogP contribution in [0.1, 0.15) is 18.5 Å². The van der Waals surface area contributed by atoms with E-state index in [9.17, 15) is 0 Å². The van der Waals surface area contributed by atoms with Crippen LogP contribution in [0.5, 0.6) is 0 Å². The highest BCUT2D eigenvalue weighted by molar-refractivity contribution is 7.13. The van der Waals surface area contributed by atoms with Crippen LogP contribution in [-0.4, -0.2) is 23.1 Å². The van der Waals surface area contributed by atoms with Crippen molar-refractivity contribution in [1.82, 2.24) is 15.3 Å². The largest absolute Gasteiger partial charge is 0.317 e. The van der Waals surface area contributed by atoms with E-state index in [2.05, 4.69) is 21.7 Å². The van der Waals surface area contributed by atoms with Crippen LogP contribution in [0.3, 0.4) is 0 Å². The SMILES string of the molecule is c1cncc(-c2nc(CC3CCNCC3)cs2)c1. The second kappa shape index (κ2) is 5.59. The summed E-state index contributed by atoms with van der Waals surface area (Å²) in [6.45, 7) is 2.31. The standard InChI is InChI=1S/C14H17N3S/c1-2-12(9-16-5-1)14-17-13(10-18-14)8-11-3-6-15-7-4-11/h1-2,5,9-11,15H,3-4,6-8H2. The maximum absolute atomic E-state index is 4.73. The number of thiazole rings is 1. The molecule has 0 radical (unpaired) electrons. The minimum atomic E-state index is 0.801. The first-order valence-corrected chi connectivity index (χ1v) is 7.35. The molecule has 0 saturated carbocycles. The number of nitrogens with zero attached hydrogens (tertiary/aromatic N) is 2. The fourth-order valence-corrected chi connectivity index (χ4v) is 3.23. The van der Waals surface area contributed by atoms with Crippen LogP contribution in [0.15, 0.2) is 29.9 Å². The molecule has 1 fully saturated rings. The van der Waals surface area contributed by atoms with Crippen molar-refractivity contribution in [3.63, 3.8) is 0 Å². The fraction of sp³-hybridized carbons (Fsp3) is 0.429. The zero-order valence-corrected chi connectivity index (χ0v) is 11.1. The van der Waals surface area contributed by atoms with Crippen LogP contribution >= 0.6 is 11.3 Å². The third-order valence-corrected chi connectivity index (χ3v) is 4.36. The second-order valence-corrected chi connectivity index (χ2v) is 5.64. The average Bonchev–Trinajstić information content (AvgIpc) is 2.89. The van der Waals surface area contributed by atoms with Gasteiger partial charge in [0.15, 0.2) is 0 Å². The average molecular weight is 259 g/mol. The van der Waals surface area contributed by atoms with E-state index < -0.39 is 0 Å². The van der Waals surface area contributed by atoms with Crippen molar-refractivity contribution in [2.45, 2.75) is 19.3 Å². The van der Waals surface area contributed by atoms with E-state index in [1.165, 1.54) is 18.5 Å². The van der Waals surface area contributed by atoms with E-state index in [0.29, 0.717) is 0 Å². The summed E-state index contributed by atoms with van der Waals surface area (Å²) >= 11 is 1.72. The Balaban J connectivity index is 1.69. The lowest BCUT2D eigenvalue weighted by Gasteiger charge is -2.21. The summed E-state index contributed by atoms with van der Waals surface area (Å²) in [5, 5.41) is 6.69. The molecule has 0 unspecified atom stereocenters. The molecule has 0 aromatic carbocycles. The lowest BCUT2D eigenvalue weighted by atomic mass is 9.93. The Labute approximate surface area is 111 Å². The predicted octanol–water partition coefficient (Wildman–Crippen LogP) is 2.75. The molecule has 18 heavy (non-hydrogen) atoms. The Hall–Kier alpha value is -1.26. The molecule has 3 heterocycles. The summed E-state index contributed by atoms with van der Waals surface area (Å²) in [7, 11) is 0. The molecule has 3 rings (SSSR count). The molecule has 2 aromatic rings. The van der Waals surface area contributed by atoms with Gasteiger partial charge in [0.2, 0.25) is 0 Å². The zero-order chi connectivity index (χ0) is 12.2. The molecule has 1 aliphatic heterocycles. The molecule has 2 aromatic heterocycles. The van der Waals surface area contributed by atoms with Crippen LogP contribution in [0.4, 0.5) is 0 Å². The van der Waals surface area contributed by atoms with E-state index in [1.54, 1.807) is 17.5 Å². The Morgan fingerprint density at radius 3 is 3.00 bits per heavy atom. The molecule has 1 N–H and O–H groups in total. The molecular formula is C14H17N3S. The molecule has 94 valence electrons. The number of hydrogen-bond acceptors (Lipinski definition) is 4. The van der Waals surface area contributed by atoms with Gasteiger partial charge in [-0.25, -0.2) is 4.98 Å². The topological polar surface area (TPSA) is 37.8 Å². The van der Waals surface area contributed by atoms with Gasteiger partial charge in [-0.15, -0.1) is 11.3 Å². The van der Waals surface area contributed by atoms with E-state index in [0.717, 1.165) is 36.0 Å². The number of nitrogens with one attached hydrogen (secondary N) is 1. The van der Waals surface area contributed by atoms with Crippen molar-refractivity contribution in [2.24, 2.45) is 5.92 Å². The first kappa shape index (κ1) is 11.8. The van der Waals surface area contributed by atoms with Crippen molar-refractivity contribution in [2.75, 3.05) is 13.1 Å². The third-order valence-electron chi connectivity index (χ3n) is 3.42. The molecular weight excluding hydrogens is 242 g/mol. The molecule has 0 amide bonds. The van der Waals surface area contributed by atoms with Gasteiger partial charge >= 0.3 is 0 Å². The molecule has 0 aliphatic carbocycles. The minimum absolute atomic E-state index is 0.801. The Kier molecular flexibility index (Phi) is 3.67. The Bertz CT molecular complexity index is 489. The van der Waals surface area contributed by atoms with Gasteiger partial charge in [0.05, 0.1) is 5.69 Å². The van der Waals surface area contributed by atoms with Crippen molar-refractivity contribution in [3.05, 3.63) is 35.6 Å². The van der Waals surface area contributed by atoms with E-state index in [-0.39, 0.29) is 0 Å². The van der Waals surface area contributed by atoms with E-state index in [1.807, 2.05) is 12.3 Å². The van der Waals surface area contributed by atoms with Gasteiger partial charge in [-0.3, -0.25) is 4.98 Å². The normalized spacial score (nSPS) is 16.9. The number of hydrogen-bond donors (Lipinski definition) is 1. The van der Waals surface area contributed by atoms with Crippen LogP contribution in [0.25, 0.3) is 10.6 Å². The highest BCUT2D eigenvalue weighted by Gasteiger charge is 2.15. The van der Waals surface area contributed by atoms with Crippen LogP contribution in [0.2, 0.25) is 0 Å². The van der Waals surface area contributed by atoms with Crippen molar-refractivity contribution in [3.8, 4) is 10.6 Å². The minimum Gasteiger partial charge on any atom is -0.317 e. The van der Waals surface area contributed by atoms with Crippen LogP contribution in [0, 0.1) is 5.92 Å². The molecule has 1 saturated heterocycles. The van der Waals surface area contributed by atoms with Crippen LogP contribution in [-0.2, 0) is 6.42 Å². The maximum atomic E-state index is 4.73. The number of rotatable bonds is 3. The molecule has 0 spiro atoms. The van der Waals surface area contributed by atoms with Gasteiger partial charge in [0, 0.05) is 23.3 Å². The summed E-state index contributed by atoms with van der Waals surface area (Å²) in [6.07, 6.45) is 7.36. The van der Waals surface area contributed by atoms with Gasteiger partial charge < -0.3 is 5.32 Å². The zero-order valence-electron chi connectivity index (χ0n) is 10.3. The lowest BCUT2D eigenvalue weighted by Crippen LogP contribution is -2.28. The van der Waals surface area contributed by atoms with E-state index in [4.69, 9.17) is 4.98 Å². The summed E-state index contributed by atoms with van der Waals surface area (Å²) in [5.41, 5.74) is 2.37. The first-order valence-electron chi connectivity index (χ1n) is 6.47. The summed E-state index contributed by atoms with van der Waals surface area (Å²) in [6, 6.07) is 4.03. The van der Waals surface area contributed by atoms with Gasteiger partial charge in [-0.05, 0) is 50.4 Å². The van der Waals surface area contributed by atoms with Crippen molar-refractivity contribution >= 4 is 11.3 Å².